The van der Waals surface area contributed by atoms with Crippen molar-refractivity contribution in [2.75, 3.05) is 35.0 Å². The fraction of sp³-hybridized carbons (Fsp3) is 0.621. The Bertz CT molecular complexity index is 1050. The minimum absolute atomic E-state index is 0.0346. The van der Waals surface area contributed by atoms with Crippen LogP contribution in [0.5, 0.6) is 0 Å². The van der Waals surface area contributed by atoms with E-state index in [2.05, 4.69) is 23.5 Å². The number of hydrogen-bond donors (Lipinski definition) is 1. The third-order valence-corrected chi connectivity index (χ3v) is 8.33. The second-order valence-corrected chi connectivity index (χ2v) is 12.0. The topological polar surface area (TPSA) is 82.9 Å². The highest BCUT2D eigenvalue weighted by Gasteiger charge is 2.25. The summed E-state index contributed by atoms with van der Waals surface area (Å²) >= 11 is 0. The number of furan rings is 1. The number of amides is 1. The largest absolute Gasteiger partial charge is 0.467 e. The van der Waals surface area contributed by atoms with Crippen molar-refractivity contribution in [3.05, 3.63) is 47.9 Å². The van der Waals surface area contributed by atoms with Gasteiger partial charge < -0.3 is 14.2 Å². The summed E-state index contributed by atoms with van der Waals surface area (Å²) in [6.45, 7) is 7.12. The number of benzene rings is 1. The van der Waals surface area contributed by atoms with Crippen LogP contribution < -0.4 is 9.62 Å². The van der Waals surface area contributed by atoms with Crippen LogP contribution >= 0.6 is 0 Å². The Kier molecular flexibility index (Phi) is 11.8. The number of unbranched alkanes of at least 4 members (excludes halogenated alkanes) is 6. The highest BCUT2D eigenvalue weighted by atomic mass is 32.2. The molecule has 0 aliphatic carbocycles. The summed E-state index contributed by atoms with van der Waals surface area (Å²) in [6.07, 6.45) is 12.9. The van der Waals surface area contributed by atoms with E-state index in [1.165, 1.54) is 12.8 Å². The van der Waals surface area contributed by atoms with E-state index in [4.69, 9.17) is 4.42 Å². The molecule has 1 saturated heterocycles. The van der Waals surface area contributed by atoms with Crippen molar-refractivity contribution in [3.8, 4) is 0 Å². The highest BCUT2D eigenvalue weighted by molar-refractivity contribution is 7.92. The Hall–Kier alpha value is -2.48. The number of sulfonamides is 1. The molecule has 1 amide bonds. The molecule has 1 aliphatic heterocycles. The first-order chi connectivity index (χ1) is 17.9. The Labute approximate surface area is 223 Å². The first-order valence-electron chi connectivity index (χ1n) is 14.1. The third kappa shape index (κ3) is 9.40. The van der Waals surface area contributed by atoms with Gasteiger partial charge in [-0.3, -0.25) is 9.52 Å². The van der Waals surface area contributed by atoms with E-state index in [-0.39, 0.29) is 11.7 Å². The third-order valence-electron chi connectivity index (χ3n) is 6.96. The second-order valence-electron chi connectivity index (χ2n) is 10.1. The lowest BCUT2D eigenvalue weighted by molar-refractivity contribution is 0.0725. The van der Waals surface area contributed by atoms with Crippen molar-refractivity contribution in [1.82, 2.24) is 4.90 Å². The average molecular weight is 532 g/mol. The molecule has 2 aromatic rings. The van der Waals surface area contributed by atoms with Gasteiger partial charge in [-0.1, -0.05) is 52.4 Å². The van der Waals surface area contributed by atoms with Gasteiger partial charge in [-0.05, 0) is 62.4 Å². The van der Waals surface area contributed by atoms with Crippen LogP contribution in [0.3, 0.4) is 0 Å². The molecule has 0 atom stereocenters. The zero-order valence-electron chi connectivity index (χ0n) is 22.7. The Morgan fingerprint density at radius 2 is 1.70 bits per heavy atom. The minimum atomic E-state index is -3.49. The summed E-state index contributed by atoms with van der Waals surface area (Å²) in [5.74, 6) is 0.890. The molecule has 0 bridgehead atoms. The molecule has 7 nitrogen and oxygen atoms in total. The first kappa shape index (κ1) is 29.1. The molecule has 1 aromatic carbocycles. The monoisotopic (exact) mass is 531 g/mol. The van der Waals surface area contributed by atoms with Crippen LogP contribution in [0.25, 0.3) is 0 Å². The Morgan fingerprint density at radius 3 is 2.41 bits per heavy atom. The number of nitrogens with zero attached hydrogens (tertiary/aromatic N) is 2. The van der Waals surface area contributed by atoms with Gasteiger partial charge in [-0.15, -0.1) is 0 Å². The van der Waals surface area contributed by atoms with Gasteiger partial charge in [0.05, 0.1) is 29.8 Å². The number of likely N-dealkylation sites (tertiary alicyclic amines) is 1. The molecular formula is C29H45N3O4S. The van der Waals surface area contributed by atoms with Crippen LogP contribution in [0.1, 0.15) is 101 Å². The Morgan fingerprint density at radius 1 is 0.973 bits per heavy atom. The zero-order valence-corrected chi connectivity index (χ0v) is 23.5. The number of carbonyl (C=O) groups excluding carboxylic acids is 1. The van der Waals surface area contributed by atoms with Gasteiger partial charge in [0.15, 0.2) is 0 Å². The number of piperidine rings is 1. The molecule has 1 aliphatic rings. The maximum atomic E-state index is 13.7. The van der Waals surface area contributed by atoms with E-state index in [1.54, 1.807) is 18.4 Å². The van der Waals surface area contributed by atoms with Gasteiger partial charge in [0, 0.05) is 25.3 Å². The predicted molar refractivity (Wildman–Crippen MR) is 152 cm³/mol. The molecular weight excluding hydrogens is 486 g/mol. The van der Waals surface area contributed by atoms with Crippen LogP contribution in [0, 0.1) is 0 Å². The molecule has 0 radical (unpaired) electrons. The maximum Gasteiger partial charge on any atom is 0.256 e. The molecule has 0 saturated carbocycles. The average Bonchev–Trinajstić information content (AvgIpc) is 3.42. The van der Waals surface area contributed by atoms with Crippen molar-refractivity contribution < 1.29 is 17.6 Å². The number of rotatable bonds is 16. The van der Waals surface area contributed by atoms with Crippen LogP contribution in [0.2, 0.25) is 0 Å². The SMILES string of the molecule is CCCCCCCCS(=O)(=O)Nc1ccc(N(CCCC)Cc2ccco2)c(C(=O)N2CCCCC2)c1. The van der Waals surface area contributed by atoms with Crippen LogP contribution in [0.15, 0.2) is 41.0 Å². The van der Waals surface area contributed by atoms with Gasteiger partial charge in [0.1, 0.15) is 5.76 Å². The summed E-state index contributed by atoms with van der Waals surface area (Å²) in [5.41, 5.74) is 1.81. The van der Waals surface area contributed by atoms with Gasteiger partial charge in [0.2, 0.25) is 10.0 Å². The summed E-state index contributed by atoms with van der Waals surface area (Å²) < 4.78 is 34.0. The molecule has 37 heavy (non-hydrogen) atoms. The molecule has 1 N–H and O–H groups in total. The summed E-state index contributed by atoms with van der Waals surface area (Å²) in [6, 6.07) is 9.21. The van der Waals surface area contributed by atoms with E-state index >= 15 is 0 Å². The van der Waals surface area contributed by atoms with Gasteiger partial charge in [-0.2, -0.15) is 0 Å². The first-order valence-corrected chi connectivity index (χ1v) is 15.8. The lowest BCUT2D eigenvalue weighted by Crippen LogP contribution is -2.37. The summed E-state index contributed by atoms with van der Waals surface area (Å²) in [4.78, 5) is 17.8. The zero-order chi connectivity index (χ0) is 26.5. The second kappa shape index (κ2) is 15.1. The number of hydrogen-bond acceptors (Lipinski definition) is 5. The van der Waals surface area contributed by atoms with Crippen LogP contribution in [0.4, 0.5) is 11.4 Å². The van der Waals surface area contributed by atoms with E-state index < -0.39 is 10.0 Å². The van der Waals surface area contributed by atoms with Gasteiger partial charge >= 0.3 is 0 Å². The van der Waals surface area contributed by atoms with Crippen molar-refractivity contribution in [2.45, 2.75) is 91.0 Å². The van der Waals surface area contributed by atoms with Gasteiger partial charge in [0.25, 0.3) is 5.91 Å². The van der Waals surface area contributed by atoms with Crippen LogP contribution in [-0.2, 0) is 16.6 Å². The number of carbonyl (C=O) groups is 1. The van der Waals surface area contributed by atoms with E-state index in [0.717, 1.165) is 82.4 Å². The molecule has 206 valence electrons. The van der Waals surface area contributed by atoms with E-state index in [9.17, 15) is 13.2 Å². The number of anilines is 2. The normalized spacial score (nSPS) is 14.1. The van der Waals surface area contributed by atoms with Crippen molar-refractivity contribution >= 4 is 27.3 Å². The maximum absolute atomic E-state index is 13.7. The van der Waals surface area contributed by atoms with Crippen molar-refractivity contribution in [1.29, 1.82) is 0 Å². The van der Waals surface area contributed by atoms with Crippen LogP contribution in [-0.4, -0.2) is 44.6 Å². The quantitative estimate of drug-likeness (QED) is 0.241. The highest BCUT2D eigenvalue weighted by Crippen LogP contribution is 2.29. The van der Waals surface area contributed by atoms with E-state index in [1.807, 2.05) is 23.1 Å². The van der Waals surface area contributed by atoms with Gasteiger partial charge in [-0.25, -0.2) is 8.42 Å². The molecule has 1 fully saturated rings. The Balaban J connectivity index is 1.82. The van der Waals surface area contributed by atoms with E-state index in [0.29, 0.717) is 24.2 Å². The summed E-state index contributed by atoms with van der Waals surface area (Å²) in [5, 5.41) is 0. The fourth-order valence-electron chi connectivity index (χ4n) is 4.84. The number of nitrogens with one attached hydrogen (secondary N) is 1. The van der Waals surface area contributed by atoms with Crippen molar-refractivity contribution in [2.24, 2.45) is 0 Å². The lowest BCUT2D eigenvalue weighted by atomic mass is 10.1. The minimum Gasteiger partial charge on any atom is -0.467 e. The molecule has 0 spiro atoms. The predicted octanol–water partition coefficient (Wildman–Crippen LogP) is 6.81. The molecule has 3 rings (SSSR count). The molecule has 8 heteroatoms. The fourth-order valence-corrected chi connectivity index (χ4v) is 6.01. The lowest BCUT2D eigenvalue weighted by Gasteiger charge is -2.31. The molecule has 1 aromatic heterocycles. The molecule has 0 unspecified atom stereocenters. The standard InChI is InChI=1S/C29H45N3O4S/c1-3-5-7-8-9-13-22-37(34,35)30-25-16-17-28(27(23-25)29(33)31-19-11-10-12-20-31)32(18-6-4-2)24-26-15-14-21-36-26/h14-17,21,23,30H,3-13,18-20,22,24H2,1-2H3. The smallest absolute Gasteiger partial charge is 0.256 e. The van der Waals surface area contributed by atoms with Crippen molar-refractivity contribution in [3.63, 3.8) is 0 Å². The summed E-state index contributed by atoms with van der Waals surface area (Å²) in [7, 11) is -3.49. The molecule has 2 heterocycles.